The number of amides is 2. The standard InChI is InChI=1S/C25H22N2O7/c28-20(15-7-4-8-17(9-15)27(32)33)13-34-21(29)12-26-24(30)22-16-10-18(14-5-2-1-3-6-14)19(11-16)23(22)25(26)31/h1-9,16,18-19,22-23H,10-13H2/t16-,18+,19-,22+,23+/m0/s1. The summed E-state index contributed by atoms with van der Waals surface area (Å²) in [5, 5.41) is 10.9. The molecule has 9 nitrogen and oxygen atoms in total. The molecular weight excluding hydrogens is 440 g/mol. The SMILES string of the molecule is O=C(CN1C(=O)[C@@H]2[C@@H]3C[C@H]([C@H]2C1=O)[C@@H](c1ccccc1)C3)OCC(=O)c1cccc([N+](=O)[O-])c1. The summed E-state index contributed by atoms with van der Waals surface area (Å²) in [6, 6.07) is 15.1. The van der Waals surface area contributed by atoms with Crippen LogP contribution in [0.2, 0.25) is 0 Å². The van der Waals surface area contributed by atoms with Crippen LogP contribution < -0.4 is 0 Å². The van der Waals surface area contributed by atoms with Gasteiger partial charge in [0.2, 0.25) is 17.6 Å². The fourth-order valence-electron chi connectivity index (χ4n) is 5.96. The van der Waals surface area contributed by atoms with E-state index >= 15 is 0 Å². The minimum atomic E-state index is -0.868. The number of ketones is 1. The third-order valence-electron chi connectivity index (χ3n) is 7.36. The number of carbonyl (C=O) groups excluding carboxylic acids is 4. The van der Waals surface area contributed by atoms with Crippen LogP contribution in [0.1, 0.15) is 34.7 Å². The normalized spacial score (nSPS) is 27.1. The van der Waals surface area contributed by atoms with Crippen molar-refractivity contribution in [2.75, 3.05) is 13.2 Å². The van der Waals surface area contributed by atoms with Gasteiger partial charge in [-0.1, -0.05) is 42.5 Å². The number of imide groups is 1. The Bertz CT molecular complexity index is 1190. The van der Waals surface area contributed by atoms with Crippen molar-refractivity contribution >= 4 is 29.3 Å². The molecule has 2 aromatic rings. The summed E-state index contributed by atoms with van der Waals surface area (Å²) in [6.45, 7) is -1.17. The first kappa shape index (κ1) is 21.9. The van der Waals surface area contributed by atoms with Gasteiger partial charge in [0, 0.05) is 17.7 Å². The van der Waals surface area contributed by atoms with Gasteiger partial charge in [-0.05, 0) is 36.2 Å². The van der Waals surface area contributed by atoms with Gasteiger partial charge in [-0.25, -0.2) is 0 Å². The molecule has 3 fully saturated rings. The zero-order chi connectivity index (χ0) is 24.0. The minimum Gasteiger partial charge on any atom is -0.456 e. The fourth-order valence-corrected chi connectivity index (χ4v) is 5.96. The van der Waals surface area contributed by atoms with Crippen molar-refractivity contribution in [1.29, 1.82) is 0 Å². The molecule has 2 bridgehead atoms. The summed E-state index contributed by atoms with van der Waals surface area (Å²) >= 11 is 0. The Hall–Kier alpha value is -3.88. The van der Waals surface area contributed by atoms with Gasteiger partial charge in [0.05, 0.1) is 16.8 Å². The van der Waals surface area contributed by atoms with Crippen molar-refractivity contribution < 1.29 is 28.8 Å². The summed E-state index contributed by atoms with van der Waals surface area (Å²) in [4.78, 5) is 62.0. The molecular formula is C25H22N2O7. The number of nitro benzene ring substituents is 1. The molecule has 1 aliphatic heterocycles. The van der Waals surface area contributed by atoms with Crippen LogP contribution in [-0.4, -0.2) is 46.5 Å². The highest BCUT2D eigenvalue weighted by molar-refractivity contribution is 6.08. The van der Waals surface area contributed by atoms with Crippen LogP contribution >= 0.6 is 0 Å². The summed E-state index contributed by atoms with van der Waals surface area (Å²) in [7, 11) is 0. The number of Topliss-reactive ketones (excluding diaryl/α,β-unsaturated/α-hetero) is 1. The lowest BCUT2D eigenvalue weighted by molar-refractivity contribution is -0.384. The Balaban J connectivity index is 1.21. The largest absolute Gasteiger partial charge is 0.456 e. The first-order valence-corrected chi connectivity index (χ1v) is 11.2. The van der Waals surface area contributed by atoms with Crippen molar-refractivity contribution in [3.8, 4) is 0 Å². The molecule has 0 spiro atoms. The number of rotatable bonds is 7. The molecule has 2 amide bonds. The molecule has 1 saturated heterocycles. The number of non-ortho nitro benzene ring substituents is 1. The maximum absolute atomic E-state index is 13.1. The zero-order valence-corrected chi connectivity index (χ0v) is 18.2. The number of nitro groups is 1. The molecule has 2 saturated carbocycles. The number of hydrogen-bond acceptors (Lipinski definition) is 7. The van der Waals surface area contributed by atoms with Gasteiger partial charge in [0.25, 0.3) is 5.69 Å². The van der Waals surface area contributed by atoms with Crippen molar-refractivity contribution in [1.82, 2.24) is 4.90 Å². The fraction of sp³-hybridized carbons (Fsp3) is 0.360. The molecule has 2 aromatic carbocycles. The summed E-state index contributed by atoms with van der Waals surface area (Å²) in [6.07, 6.45) is 1.69. The van der Waals surface area contributed by atoms with Gasteiger partial charge in [0.1, 0.15) is 6.54 Å². The molecule has 3 aliphatic rings. The second-order valence-corrected chi connectivity index (χ2v) is 9.12. The van der Waals surface area contributed by atoms with Crippen LogP contribution in [0.4, 0.5) is 5.69 Å². The zero-order valence-electron chi connectivity index (χ0n) is 18.2. The third-order valence-corrected chi connectivity index (χ3v) is 7.36. The Labute approximate surface area is 194 Å². The van der Waals surface area contributed by atoms with Gasteiger partial charge in [-0.2, -0.15) is 0 Å². The monoisotopic (exact) mass is 462 g/mol. The van der Waals surface area contributed by atoms with E-state index in [1.807, 2.05) is 18.2 Å². The predicted octanol–water partition coefficient (Wildman–Crippen LogP) is 2.75. The highest BCUT2D eigenvalue weighted by Crippen LogP contribution is 2.61. The van der Waals surface area contributed by atoms with Crippen molar-refractivity contribution in [2.24, 2.45) is 23.7 Å². The van der Waals surface area contributed by atoms with Gasteiger partial charge >= 0.3 is 5.97 Å². The average Bonchev–Trinajstić information content (AvgIpc) is 3.51. The van der Waals surface area contributed by atoms with E-state index in [-0.39, 0.29) is 40.8 Å². The van der Waals surface area contributed by atoms with Gasteiger partial charge < -0.3 is 4.74 Å². The second kappa shape index (κ2) is 8.48. The minimum absolute atomic E-state index is 0.0355. The van der Waals surface area contributed by atoms with E-state index in [9.17, 15) is 29.3 Å². The highest BCUT2D eigenvalue weighted by atomic mass is 16.6. The molecule has 0 unspecified atom stereocenters. The first-order chi connectivity index (χ1) is 16.3. The third kappa shape index (κ3) is 3.67. The molecule has 0 radical (unpaired) electrons. The quantitative estimate of drug-likeness (QED) is 0.204. The van der Waals surface area contributed by atoms with Gasteiger partial charge in [-0.15, -0.1) is 0 Å². The summed E-state index contributed by atoms with van der Waals surface area (Å²) in [5.41, 5.74) is 0.958. The molecule has 9 heteroatoms. The molecule has 34 heavy (non-hydrogen) atoms. The van der Waals surface area contributed by atoms with Gasteiger partial charge in [0.15, 0.2) is 6.61 Å². The van der Waals surface area contributed by atoms with Crippen molar-refractivity contribution in [2.45, 2.75) is 18.8 Å². The molecule has 0 N–H and O–H groups in total. The van der Waals surface area contributed by atoms with Crippen molar-refractivity contribution in [3.05, 3.63) is 75.8 Å². The number of hydrogen-bond donors (Lipinski definition) is 0. The number of ether oxygens (including phenoxy) is 1. The number of likely N-dealkylation sites (tertiary alicyclic amines) is 1. The molecule has 5 rings (SSSR count). The maximum atomic E-state index is 13.1. The Morgan fingerprint density at radius 2 is 1.74 bits per heavy atom. The predicted molar refractivity (Wildman–Crippen MR) is 117 cm³/mol. The lowest BCUT2D eigenvalue weighted by Gasteiger charge is -2.28. The molecule has 1 heterocycles. The summed E-state index contributed by atoms with van der Waals surface area (Å²) in [5.74, 6) is -2.56. The average molecular weight is 462 g/mol. The topological polar surface area (TPSA) is 124 Å². The van der Waals surface area contributed by atoms with E-state index < -0.39 is 41.7 Å². The molecule has 5 atom stereocenters. The lowest BCUT2D eigenvalue weighted by Crippen LogP contribution is -2.38. The number of nitrogens with zero attached hydrogens (tertiary/aromatic N) is 2. The number of esters is 1. The van der Waals surface area contributed by atoms with E-state index in [1.165, 1.54) is 23.8 Å². The molecule has 2 aliphatic carbocycles. The number of benzene rings is 2. The van der Waals surface area contributed by atoms with Crippen molar-refractivity contribution in [3.63, 3.8) is 0 Å². The van der Waals surface area contributed by atoms with E-state index in [2.05, 4.69) is 12.1 Å². The second-order valence-electron chi connectivity index (χ2n) is 9.12. The molecule has 174 valence electrons. The van der Waals surface area contributed by atoms with Gasteiger partial charge in [-0.3, -0.25) is 34.2 Å². The van der Waals surface area contributed by atoms with E-state index in [1.54, 1.807) is 0 Å². The van der Waals surface area contributed by atoms with Crippen LogP contribution in [0, 0.1) is 33.8 Å². The van der Waals surface area contributed by atoms with E-state index in [0.29, 0.717) is 0 Å². The number of fused-ring (bicyclic) bond motifs is 5. The highest BCUT2D eigenvalue weighted by Gasteiger charge is 2.64. The molecule has 0 aromatic heterocycles. The smallest absolute Gasteiger partial charge is 0.326 e. The maximum Gasteiger partial charge on any atom is 0.326 e. The van der Waals surface area contributed by atoms with Crippen LogP contribution in [0.5, 0.6) is 0 Å². The Kier molecular flexibility index (Phi) is 5.47. The van der Waals surface area contributed by atoms with Crippen LogP contribution in [0.3, 0.4) is 0 Å². The first-order valence-electron chi connectivity index (χ1n) is 11.2. The lowest BCUT2D eigenvalue weighted by atomic mass is 9.73. The Morgan fingerprint density at radius 3 is 2.47 bits per heavy atom. The summed E-state index contributed by atoms with van der Waals surface area (Å²) < 4.78 is 4.99. The van der Waals surface area contributed by atoms with Crippen LogP contribution in [0.15, 0.2) is 54.6 Å². The Morgan fingerprint density at radius 1 is 1.00 bits per heavy atom. The van der Waals surface area contributed by atoms with E-state index in [0.717, 1.165) is 23.8 Å². The van der Waals surface area contributed by atoms with Crippen LogP contribution in [-0.2, 0) is 19.1 Å². The van der Waals surface area contributed by atoms with E-state index in [4.69, 9.17) is 4.74 Å². The van der Waals surface area contributed by atoms with Crippen LogP contribution in [0.25, 0.3) is 0 Å². The number of carbonyl (C=O) groups is 4.